The van der Waals surface area contributed by atoms with Crippen LogP contribution in [0, 0.1) is 6.92 Å². The number of thioether (sulfide) groups is 1. The number of methoxy groups -OCH3 is 1. The zero-order valence-corrected chi connectivity index (χ0v) is 12.8. The number of hydrogen-bond acceptors (Lipinski definition) is 3. The molecule has 0 aliphatic carbocycles. The smallest absolute Gasteiger partial charge is 0.119 e. The molecule has 1 rings (SSSR count). The van der Waals surface area contributed by atoms with Crippen molar-refractivity contribution in [1.82, 2.24) is 5.32 Å². The Kier molecular flexibility index (Phi) is 7.21. The molecule has 0 spiro atoms. The van der Waals surface area contributed by atoms with Gasteiger partial charge in [-0.25, -0.2) is 0 Å². The van der Waals surface area contributed by atoms with Gasteiger partial charge in [-0.15, -0.1) is 0 Å². The highest BCUT2D eigenvalue weighted by molar-refractivity contribution is 7.99. The molecule has 0 bridgehead atoms. The summed E-state index contributed by atoms with van der Waals surface area (Å²) in [5, 5.41) is 3.57. The van der Waals surface area contributed by atoms with E-state index in [2.05, 4.69) is 44.3 Å². The third-order valence-corrected chi connectivity index (χ3v) is 4.20. The summed E-state index contributed by atoms with van der Waals surface area (Å²) >= 11 is 2.02. The Morgan fingerprint density at radius 2 is 2.11 bits per heavy atom. The molecule has 0 amide bonds. The largest absolute Gasteiger partial charge is 0.497 e. The molecule has 0 fully saturated rings. The maximum absolute atomic E-state index is 5.26. The van der Waals surface area contributed by atoms with E-state index < -0.39 is 0 Å². The molecule has 0 aliphatic rings. The summed E-state index contributed by atoms with van der Waals surface area (Å²) in [6.07, 6.45) is 1.24. The lowest BCUT2D eigenvalue weighted by atomic mass is 10.0. The summed E-state index contributed by atoms with van der Waals surface area (Å²) in [5.74, 6) is 3.30. The van der Waals surface area contributed by atoms with Crippen molar-refractivity contribution in [2.75, 3.05) is 25.2 Å². The molecular weight excluding hydrogens is 242 g/mol. The molecule has 0 aromatic heterocycles. The van der Waals surface area contributed by atoms with Crippen LogP contribution in [0.3, 0.4) is 0 Å². The Hall–Kier alpha value is -0.670. The Labute approximate surface area is 116 Å². The van der Waals surface area contributed by atoms with Crippen molar-refractivity contribution in [1.29, 1.82) is 0 Å². The minimum Gasteiger partial charge on any atom is -0.497 e. The second kappa shape index (κ2) is 8.44. The molecule has 0 radical (unpaired) electrons. The van der Waals surface area contributed by atoms with Crippen LogP contribution in [0.25, 0.3) is 0 Å². The predicted octanol–water partition coefficient (Wildman–Crippen LogP) is 3.80. The molecule has 2 nitrogen and oxygen atoms in total. The molecule has 1 aromatic rings. The van der Waals surface area contributed by atoms with Gasteiger partial charge >= 0.3 is 0 Å². The van der Waals surface area contributed by atoms with Gasteiger partial charge in [-0.2, -0.15) is 11.8 Å². The van der Waals surface area contributed by atoms with E-state index in [9.17, 15) is 0 Å². The van der Waals surface area contributed by atoms with E-state index in [4.69, 9.17) is 4.74 Å². The zero-order valence-electron chi connectivity index (χ0n) is 12.0. The van der Waals surface area contributed by atoms with E-state index >= 15 is 0 Å². The van der Waals surface area contributed by atoms with Crippen molar-refractivity contribution in [2.24, 2.45) is 0 Å². The average molecular weight is 267 g/mol. The van der Waals surface area contributed by atoms with E-state index in [1.165, 1.54) is 23.3 Å². The highest BCUT2D eigenvalue weighted by Crippen LogP contribution is 2.25. The van der Waals surface area contributed by atoms with Crippen molar-refractivity contribution in [2.45, 2.75) is 33.2 Å². The number of hydrogen-bond donors (Lipinski definition) is 1. The molecule has 0 heterocycles. The summed E-state index contributed by atoms with van der Waals surface area (Å²) < 4.78 is 5.26. The molecule has 0 aliphatic heterocycles. The fourth-order valence-corrected chi connectivity index (χ4v) is 3.01. The first-order valence-electron chi connectivity index (χ1n) is 6.68. The van der Waals surface area contributed by atoms with Crippen LogP contribution in [0.4, 0.5) is 0 Å². The molecule has 1 unspecified atom stereocenters. The molecule has 1 N–H and O–H groups in total. The third kappa shape index (κ3) is 4.54. The first kappa shape index (κ1) is 15.4. The summed E-state index contributed by atoms with van der Waals surface area (Å²) in [5.41, 5.74) is 2.69. The maximum atomic E-state index is 5.26. The topological polar surface area (TPSA) is 21.3 Å². The predicted molar refractivity (Wildman–Crippen MR) is 81.8 cm³/mol. The van der Waals surface area contributed by atoms with Gasteiger partial charge < -0.3 is 10.1 Å². The van der Waals surface area contributed by atoms with E-state index in [0.717, 1.165) is 18.0 Å². The number of rotatable bonds is 8. The molecule has 1 aromatic carbocycles. The van der Waals surface area contributed by atoms with Crippen LogP contribution >= 0.6 is 11.8 Å². The average Bonchev–Trinajstić information content (AvgIpc) is 2.38. The van der Waals surface area contributed by atoms with Gasteiger partial charge in [0.1, 0.15) is 5.75 Å². The monoisotopic (exact) mass is 267 g/mol. The van der Waals surface area contributed by atoms with Gasteiger partial charge in [-0.05, 0) is 48.9 Å². The fraction of sp³-hybridized carbons (Fsp3) is 0.600. The minimum atomic E-state index is 0.442. The molecule has 3 heteroatoms. The van der Waals surface area contributed by atoms with Gasteiger partial charge in [0.05, 0.1) is 7.11 Å². The van der Waals surface area contributed by atoms with Crippen LogP contribution in [0.15, 0.2) is 18.2 Å². The van der Waals surface area contributed by atoms with Crippen LogP contribution in [0.1, 0.15) is 37.4 Å². The zero-order chi connectivity index (χ0) is 13.4. The molecule has 0 saturated heterocycles. The lowest BCUT2D eigenvalue weighted by Gasteiger charge is -2.20. The normalized spacial score (nSPS) is 12.4. The SMILES string of the molecule is CCCSCC(NCC)c1ccc(OC)cc1C. The molecule has 0 saturated carbocycles. The number of aryl methyl sites for hydroxylation is 1. The number of nitrogens with one attached hydrogen (secondary N) is 1. The van der Waals surface area contributed by atoms with Crippen LogP contribution < -0.4 is 10.1 Å². The highest BCUT2D eigenvalue weighted by Gasteiger charge is 2.13. The van der Waals surface area contributed by atoms with Crippen molar-refractivity contribution in [3.05, 3.63) is 29.3 Å². The Bertz CT molecular complexity index is 354. The van der Waals surface area contributed by atoms with E-state index in [1.54, 1.807) is 7.11 Å². The van der Waals surface area contributed by atoms with Gasteiger partial charge in [0.15, 0.2) is 0 Å². The lowest BCUT2D eigenvalue weighted by Crippen LogP contribution is -2.23. The van der Waals surface area contributed by atoms with Crippen molar-refractivity contribution < 1.29 is 4.74 Å². The number of ether oxygens (including phenoxy) is 1. The maximum Gasteiger partial charge on any atom is 0.119 e. The Morgan fingerprint density at radius 1 is 1.33 bits per heavy atom. The van der Waals surface area contributed by atoms with Crippen LogP contribution in [-0.2, 0) is 0 Å². The second-order valence-electron chi connectivity index (χ2n) is 4.41. The molecular formula is C15H25NOS. The first-order valence-corrected chi connectivity index (χ1v) is 7.84. The second-order valence-corrected chi connectivity index (χ2v) is 5.56. The van der Waals surface area contributed by atoms with E-state index in [-0.39, 0.29) is 0 Å². The van der Waals surface area contributed by atoms with Crippen LogP contribution in [0.2, 0.25) is 0 Å². The van der Waals surface area contributed by atoms with Crippen molar-refractivity contribution in [3.63, 3.8) is 0 Å². The molecule has 18 heavy (non-hydrogen) atoms. The quantitative estimate of drug-likeness (QED) is 0.724. The Balaban J connectivity index is 2.77. The molecule has 102 valence electrons. The summed E-state index contributed by atoms with van der Waals surface area (Å²) in [6, 6.07) is 6.80. The van der Waals surface area contributed by atoms with Gasteiger partial charge in [0, 0.05) is 11.8 Å². The summed E-state index contributed by atoms with van der Waals surface area (Å²) in [4.78, 5) is 0. The van der Waals surface area contributed by atoms with Crippen LogP contribution in [0.5, 0.6) is 5.75 Å². The first-order chi connectivity index (χ1) is 8.72. The summed E-state index contributed by atoms with van der Waals surface area (Å²) in [7, 11) is 1.72. The van der Waals surface area contributed by atoms with Gasteiger partial charge in [-0.3, -0.25) is 0 Å². The van der Waals surface area contributed by atoms with Gasteiger partial charge in [-0.1, -0.05) is 19.9 Å². The minimum absolute atomic E-state index is 0.442. The lowest BCUT2D eigenvalue weighted by molar-refractivity contribution is 0.414. The van der Waals surface area contributed by atoms with Gasteiger partial charge in [0.2, 0.25) is 0 Å². The van der Waals surface area contributed by atoms with E-state index in [1.807, 2.05) is 11.8 Å². The standard InChI is InChI=1S/C15H25NOS/c1-5-9-18-11-15(16-6-2)14-8-7-13(17-4)10-12(14)3/h7-8,10,15-16H,5-6,9,11H2,1-4H3. The fourth-order valence-electron chi connectivity index (χ4n) is 2.02. The van der Waals surface area contributed by atoms with Crippen molar-refractivity contribution in [3.8, 4) is 5.75 Å². The molecule has 1 atom stereocenters. The van der Waals surface area contributed by atoms with E-state index in [0.29, 0.717) is 6.04 Å². The highest BCUT2D eigenvalue weighted by atomic mass is 32.2. The summed E-state index contributed by atoms with van der Waals surface area (Å²) in [6.45, 7) is 7.56. The van der Waals surface area contributed by atoms with Gasteiger partial charge in [0.25, 0.3) is 0 Å². The number of benzene rings is 1. The van der Waals surface area contributed by atoms with Crippen molar-refractivity contribution >= 4 is 11.8 Å². The third-order valence-electron chi connectivity index (χ3n) is 2.94. The Morgan fingerprint density at radius 3 is 2.67 bits per heavy atom. The van der Waals surface area contributed by atoms with Crippen LogP contribution in [-0.4, -0.2) is 25.2 Å².